The molecule has 1 saturated heterocycles. The molecule has 0 radical (unpaired) electrons. The lowest BCUT2D eigenvalue weighted by Gasteiger charge is -2.41. The molecule has 27 heavy (non-hydrogen) atoms. The second kappa shape index (κ2) is 7.45. The number of rotatable bonds is 3. The molecule has 0 saturated carbocycles. The van der Waals surface area contributed by atoms with Crippen LogP contribution in [0.4, 0.5) is 10.2 Å². The topological polar surface area (TPSA) is 56.1 Å². The quantitative estimate of drug-likeness (QED) is 0.785. The Kier molecular flexibility index (Phi) is 4.87. The number of hydrogen-bond acceptors (Lipinski definition) is 5. The number of benzene rings is 1. The normalized spacial score (nSPS) is 25.9. The molecule has 138 valence electrons. The standard InChI is InChI=1S/C21H22FN5/c22-18-5-3-17(4-6-18)21(16-23)9-7-19(8-10-21)26-12-14-27(15-13-26)20-2-1-11-24-25-20/h1-7,9,11,19H,8,10,12-15H2. The lowest BCUT2D eigenvalue weighted by atomic mass is 9.73. The van der Waals surface area contributed by atoms with Gasteiger partial charge in [0.15, 0.2) is 5.82 Å². The Morgan fingerprint density at radius 2 is 1.89 bits per heavy atom. The third kappa shape index (κ3) is 3.56. The van der Waals surface area contributed by atoms with Crippen LogP contribution in [0, 0.1) is 17.1 Å². The lowest BCUT2D eigenvalue weighted by molar-refractivity contribution is 0.195. The Morgan fingerprint density at radius 1 is 1.11 bits per heavy atom. The number of halogens is 1. The van der Waals surface area contributed by atoms with E-state index < -0.39 is 5.41 Å². The highest BCUT2D eigenvalue weighted by Crippen LogP contribution is 2.36. The van der Waals surface area contributed by atoms with E-state index in [2.05, 4.69) is 32.1 Å². The summed E-state index contributed by atoms with van der Waals surface area (Å²) in [5.74, 6) is 0.654. The number of hydrogen-bond donors (Lipinski definition) is 0. The Hall–Kier alpha value is -2.78. The summed E-state index contributed by atoms with van der Waals surface area (Å²) in [6, 6.07) is 13.0. The van der Waals surface area contributed by atoms with Crippen molar-refractivity contribution in [2.45, 2.75) is 24.3 Å². The van der Waals surface area contributed by atoms with E-state index >= 15 is 0 Å². The molecule has 2 heterocycles. The van der Waals surface area contributed by atoms with Crippen LogP contribution in [0.1, 0.15) is 18.4 Å². The lowest BCUT2D eigenvalue weighted by Crippen LogP contribution is -2.51. The van der Waals surface area contributed by atoms with Crippen LogP contribution < -0.4 is 4.90 Å². The summed E-state index contributed by atoms with van der Waals surface area (Å²) in [7, 11) is 0. The molecule has 4 rings (SSSR count). The summed E-state index contributed by atoms with van der Waals surface area (Å²) >= 11 is 0. The molecule has 1 fully saturated rings. The predicted octanol–water partition coefficient (Wildman–Crippen LogP) is 2.92. The zero-order valence-corrected chi connectivity index (χ0v) is 15.1. The molecule has 0 N–H and O–H groups in total. The Balaban J connectivity index is 1.42. The van der Waals surface area contributed by atoms with Crippen LogP contribution in [-0.4, -0.2) is 47.3 Å². The van der Waals surface area contributed by atoms with Gasteiger partial charge in [0, 0.05) is 38.4 Å². The van der Waals surface area contributed by atoms with Crippen molar-refractivity contribution in [3.8, 4) is 6.07 Å². The summed E-state index contributed by atoms with van der Waals surface area (Å²) in [5, 5.41) is 17.9. The maximum Gasteiger partial charge on any atom is 0.151 e. The molecule has 0 spiro atoms. The number of nitrogens with zero attached hydrogens (tertiary/aromatic N) is 5. The average molecular weight is 363 g/mol. The van der Waals surface area contributed by atoms with E-state index in [1.54, 1.807) is 18.3 Å². The number of anilines is 1. The largest absolute Gasteiger partial charge is 0.353 e. The van der Waals surface area contributed by atoms with Gasteiger partial charge in [0.2, 0.25) is 0 Å². The highest BCUT2D eigenvalue weighted by Gasteiger charge is 2.35. The van der Waals surface area contributed by atoms with E-state index in [0.29, 0.717) is 6.04 Å². The first-order chi connectivity index (χ1) is 13.2. The second-order valence-electron chi connectivity index (χ2n) is 7.16. The van der Waals surface area contributed by atoms with Crippen LogP contribution in [0.3, 0.4) is 0 Å². The Morgan fingerprint density at radius 3 is 2.48 bits per heavy atom. The second-order valence-corrected chi connectivity index (χ2v) is 7.16. The van der Waals surface area contributed by atoms with E-state index in [0.717, 1.165) is 50.4 Å². The van der Waals surface area contributed by atoms with Gasteiger partial charge in [-0.1, -0.05) is 24.3 Å². The van der Waals surface area contributed by atoms with Crippen LogP contribution in [0.2, 0.25) is 0 Å². The van der Waals surface area contributed by atoms with Crippen LogP contribution in [0.25, 0.3) is 0 Å². The molecule has 6 heteroatoms. The van der Waals surface area contributed by atoms with Gasteiger partial charge in [0.05, 0.1) is 6.07 Å². The smallest absolute Gasteiger partial charge is 0.151 e. The monoisotopic (exact) mass is 363 g/mol. The maximum absolute atomic E-state index is 13.2. The van der Waals surface area contributed by atoms with Gasteiger partial charge >= 0.3 is 0 Å². The summed E-state index contributed by atoms with van der Waals surface area (Å²) in [4.78, 5) is 4.73. The fourth-order valence-electron chi connectivity index (χ4n) is 4.03. The zero-order valence-electron chi connectivity index (χ0n) is 15.1. The minimum absolute atomic E-state index is 0.273. The zero-order chi connectivity index (χ0) is 18.7. The van der Waals surface area contributed by atoms with Gasteiger partial charge in [-0.25, -0.2) is 4.39 Å². The third-order valence-electron chi connectivity index (χ3n) is 5.66. The molecule has 2 atom stereocenters. The minimum atomic E-state index is -0.647. The number of piperazine rings is 1. The third-order valence-corrected chi connectivity index (χ3v) is 5.66. The number of allylic oxidation sites excluding steroid dienone is 1. The van der Waals surface area contributed by atoms with Crippen molar-refractivity contribution in [3.05, 3.63) is 66.1 Å². The molecule has 2 aliphatic rings. The first-order valence-corrected chi connectivity index (χ1v) is 9.33. The van der Waals surface area contributed by atoms with Crippen molar-refractivity contribution in [2.75, 3.05) is 31.1 Å². The van der Waals surface area contributed by atoms with Crippen LogP contribution in [-0.2, 0) is 5.41 Å². The molecular formula is C21H22FN5. The fraction of sp³-hybridized carbons (Fsp3) is 0.381. The van der Waals surface area contributed by atoms with E-state index in [-0.39, 0.29) is 5.82 Å². The average Bonchev–Trinajstić information content (AvgIpc) is 2.75. The molecule has 5 nitrogen and oxygen atoms in total. The summed E-state index contributed by atoms with van der Waals surface area (Å²) in [5.41, 5.74) is 0.222. The molecule has 1 aliphatic carbocycles. The van der Waals surface area contributed by atoms with E-state index in [9.17, 15) is 9.65 Å². The van der Waals surface area contributed by atoms with Crippen LogP contribution in [0.15, 0.2) is 54.7 Å². The van der Waals surface area contributed by atoms with Crippen LogP contribution >= 0.6 is 0 Å². The SMILES string of the molecule is N#CC1(c2ccc(F)cc2)C=CC(N2CCN(c3cccnn3)CC2)CC1. The highest BCUT2D eigenvalue weighted by atomic mass is 19.1. The Bertz CT molecular complexity index is 837. The van der Waals surface area contributed by atoms with Gasteiger partial charge in [-0.15, -0.1) is 5.10 Å². The number of aromatic nitrogens is 2. The summed E-state index contributed by atoms with van der Waals surface area (Å²) in [6.45, 7) is 3.76. The van der Waals surface area contributed by atoms with Gasteiger partial charge < -0.3 is 4.90 Å². The molecule has 1 aliphatic heterocycles. The summed E-state index contributed by atoms with van der Waals surface area (Å²) in [6.07, 6.45) is 7.54. The van der Waals surface area contributed by atoms with Gasteiger partial charge in [-0.05, 0) is 42.7 Å². The molecule has 1 aromatic carbocycles. The summed E-state index contributed by atoms with van der Waals surface area (Å²) < 4.78 is 13.2. The maximum atomic E-state index is 13.2. The fourth-order valence-corrected chi connectivity index (χ4v) is 4.03. The van der Waals surface area contributed by atoms with Crippen molar-refractivity contribution >= 4 is 5.82 Å². The van der Waals surface area contributed by atoms with Crippen molar-refractivity contribution in [2.24, 2.45) is 0 Å². The van der Waals surface area contributed by atoms with Crippen LogP contribution in [0.5, 0.6) is 0 Å². The Labute approximate surface area is 158 Å². The van der Waals surface area contributed by atoms with Gasteiger partial charge in [0.1, 0.15) is 11.2 Å². The van der Waals surface area contributed by atoms with Gasteiger partial charge in [0.25, 0.3) is 0 Å². The molecular weight excluding hydrogens is 341 g/mol. The minimum Gasteiger partial charge on any atom is -0.353 e. The van der Waals surface area contributed by atoms with Gasteiger partial charge in [-0.3, -0.25) is 4.90 Å². The molecule has 0 bridgehead atoms. The predicted molar refractivity (Wildman–Crippen MR) is 102 cm³/mol. The van der Waals surface area contributed by atoms with Crippen molar-refractivity contribution in [1.29, 1.82) is 5.26 Å². The molecule has 2 unspecified atom stereocenters. The molecule has 0 amide bonds. The first-order valence-electron chi connectivity index (χ1n) is 9.33. The van der Waals surface area contributed by atoms with Crippen molar-refractivity contribution in [3.63, 3.8) is 0 Å². The van der Waals surface area contributed by atoms with Crippen molar-refractivity contribution in [1.82, 2.24) is 15.1 Å². The van der Waals surface area contributed by atoms with E-state index in [4.69, 9.17) is 0 Å². The first kappa shape index (κ1) is 17.6. The van der Waals surface area contributed by atoms with E-state index in [1.807, 2.05) is 18.2 Å². The van der Waals surface area contributed by atoms with E-state index in [1.165, 1.54) is 12.1 Å². The molecule has 2 aromatic rings. The number of nitriles is 1. The molecule has 1 aromatic heterocycles. The highest BCUT2D eigenvalue weighted by molar-refractivity contribution is 5.41. The van der Waals surface area contributed by atoms with Crippen molar-refractivity contribution < 1.29 is 4.39 Å². The van der Waals surface area contributed by atoms with Gasteiger partial charge in [-0.2, -0.15) is 10.4 Å².